The number of carbonyl (C=O) groups excluding carboxylic acids is 1. The maximum absolute atomic E-state index is 11.7. The predicted molar refractivity (Wildman–Crippen MR) is 83.2 cm³/mol. The maximum Gasteiger partial charge on any atom is 0.337 e. The van der Waals surface area contributed by atoms with Gasteiger partial charge < -0.3 is 15.4 Å². The first kappa shape index (κ1) is 14.5. The molecule has 0 spiro atoms. The summed E-state index contributed by atoms with van der Waals surface area (Å²) in [4.78, 5) is 20.4. The molecule has 3 rings (SSSR count). The number of aryl methyl sites for hydroxylation is 1. The average Bonchev–Trinajstić information content (AvgIpc) is 2.56. The van der Waals surface area contributed by atoms with Crippen molar-refractivity contribution in [3.63, 3.8) is 0 Å². The highest BCUT2D eigenvalue weighted by molar-refractivity contribution is 5.91. The van der Waals surface area contributed by atoms with E-state index in [4.69, 9.17) is 4.74 Å². The van der Waals surface area contributed by atoms with Gasteiger partial charge in [0.05, 0.1) is 18.4 Å². The summed E-state index contributed by atoms with van der Waals surface area (Å²) in [6, 6.07) is 5.44. The van der Waals surface area contributed by atoms with Gasteiger partial charge in [-0.25, -0.2) is 14.8 Å². The molecule has 0 fully saturated rings. The molecule has 1 aliphatic heterocycles. The van der Waals surface area contributed by atoms with Gasteiger partial charge in [0.2, 0.25) is 0 Å². The Hall–Kier alpha value is -2.47. The van der Waals surface area contributed by atoms with Crippen molar-refractivity contribution in [3.8, 4) is 0 Å². The van der Waals surface area contributed by atoms with Crippen LogP contribution in [-0.2, 0) is 17.7 Å². The van der Waals surface area contributed by atoms with Crippen molar-refractivity contribution in [1.82, 2.24) is 15.3 Å². The van der Waals surface area contributed by atoms with Crippen molar-refractivity contribution in [2.24, 2.45) is 0 Å². The summed E-state index contributed by atoms with van der Waals surface area (Å²) in [5.41, 5.74) is 4.55. The van der Waals surface area contributed by atoms with Crippen LogP contribution >= 0.6 is 0 Å². The number of nitrogens with one attached hydrogen (secondary N) is 2. The number of carbonyl (C=O) groups is 1. The molecule has 6 nitrogen and oxygen atoms in total. The minimum absolute atomic E-state index is 0.350. The third kappa shape index (κ3) is 2.78. The summed E-state index contributed by atoms with van der Waals surface area (Å²) in [7, 11) is 1.38. The van der Waals surface area contributed by atoms with E-state index in [0.717, 1.165) is 47.8 Å². The van der Waals surface area contributed by atoms with Crippen LogP contribution in [0.3, 0.4) is 0 Å². The second kappa shape index (κ2) is 6.11. The first-order valence-corrected chi connectivity index (χ1v) is 7.18. The average molecular weight is 298 g/mol. The van der Waals surface area contributed by atoms with Gasteiger partial charge in [-0.1, -0.05) is 6.07 Å². The van der Waals surface area contributed by atoms with E-state index >= 15 is 0 Å². The van der Waals surface area contributed by atoms with E-state index in [1.165, 1.54) is 7.11 Å². The summed E-state index contributed by atoms with van der Waals surface area (Å²) in [6.07, 6.45) is 2.45. The molecule has 2 heterocycles. The SMILES string of the molecule is COC(=O)c1ccc(C)c(Nc2ncnc3c2CCNC3)c1. The number of hydrogen-bond donors (Lipinski definition) is 2. The molecule has 0 saturated carbocycles. The highest BCUT2D eigenvalue weighted by atomic mass is 16.5. The smallest absolute Gasteiger partial charge is 0.337 e. The molecule has 2 N–H and O–H groups in total. The van der Waals surface area contributed by atoms with Gasteiger partial charge in [0.15, 0.2) is 0 Å². The van der Waals surface area contributed by atoms with Gasteiger partial charge in [-0.15, -0.1) is 0 Å². The van der Waals surface area contributed by atoms with Crippen molar-refractivity contribution in [2.75, 3.05) is 19.0 Å². The Labute approximate surface area is 128 Å². The zero-order valence-electron chi connectivity index (χ0n) is 12.6. The van der Waals surface area contributed by atoms with Gasteiger partial charge >= 0.3 is 5.97 Å². The van der Waals surface area contributed by atoms with E-state index in [1.54, 1.807) is 18.5 Å². The molecule has 0 atom stereocenters. The zero-order valence-corrected chi connectivity index (χ0v) is 12.6. The van der Waals surface area contributed by atoms with Crippen molar-refractivity contribution in [1.29, 1.82) is 0 Å². The molecular formula is C16H18N4O2. The molecule has 0 bridgehead atoms. The number of rotatable bonds is 3. The zero-order chi connectivity index (χ0) is 15.5. The Kier molecular flexibility index (Phi) is 4.02. The number of ether oxygens (including phenoxy) is 1. The molecule has 22 heavy (non-hydrogen) atoms. The number of methoxy groups -OCH3 is 1. The molecule has 0 aliphatic carbocycles. The lowest BCUT2D eigenvalue weighted by molar-refractivity contribution is 0.0601. The number of benzene rings is 1. The molecule has 0 radical (unpaired) electrons. The van der Waals surface area contributed by atoms with Crippen molar-refractivity contribution < 1.29 is 9.53 Å². The molecule has 114 valence electrons. The van der Waals surface area contributed by atoms with Crippen LogP contribution in [0.1, 0.15) is 27.2 Å². The molecule has 0 amide bonds. The fourth-order valence-corrected chi connectivity index (χ4v) is 2.52. The minimum Gasteiger partial charge on any atom is -0.465 e. The fourth-order valence-electron chi connectivity index (χ4n) is 2.52. The Morgan fingerprint density at radius 2 is 2.23 bits per heavy atom. The summed E-state index contributed by atoms with van der Waals surface area (Å²) in [5, 5.41) is 6.63. The van der Waals surface area contributed by atoms with Gasteiger partial charge in [0, 0.05) is 17.8 Å². The number of nitrogens with zero attached hydrogens (tertiary/aromatic N) is 2. The van der Waals surface area contributed by atoms with Gasteiger partial charge in [0.1, 0.15) is 12.1 Å². The fraction of sp³-hybridized carbons (Fsp3) is 0.312. The second-order valence-corrected chi connectivity index (χ2v) is 5.22. The molecule has 0 unspecified atom stereocenters. The molecule has 1 aromatic heterocycles. The van der Waals surface area contributed by atoms with Crippen LogP contribution in [-0.4, -0.2) is 29.6 Å². The van der Waals surface area contributed by atoms with Gasteiger partial charge in [-0.2, -0.15) is 0 Å². The van der Waals surface area contributed by atoms with Crippen molar-refractivity contribution >= 4 is 17.5 Å². The monoisotopic (exact) mass is 298 g/mol. The number of anilines is 2. The van der Waals surface area contributed by atoms with Crippen LogP contribution in [0.25, 0.3) is 0 Å². The normalized spacial score (nSPS) is 13.4. The Morgan fingerprint density at radius 1 is 1.36 bits per heavy atom. The third-order valence-corrected chi connectivity index (χ3v) is 3.79. The molecule has 1 aromatic carbocycles. The van der Waals surface area contributed by atoms with E-state index in [1.807, 2.05) is 13.0 Å². The lowest BCUT2D eigenvalue weighted by Crippen LogP contribution is -2.25. The highest BCUT2D eigenvalue weighted by Crippen LogP contribution is 2.25. The lowest BCUT2D eigenvalue weighted by Gasteiger charge is -2.19. The molecule has 1 aliphatic rings. The first-order chi connectivity index (χ1) is 10.7. The Bertz CT molecular complexity index is 715. The van der Waals surface area contributed by atoms with Crippen LogP contribution in [0, 0.1) is 6.92 Å². The topological polar surface area (TPSA) is 76.1 Å². The molecular weight excluding hydrogens is 280 g/mol. The number of esters is 1. The highest BCUT2D eigenvalue weighted by Gasteiger charge is 2.16. The quantitative estimate of drug-likeness (QED) is 0.844. The van der Waals surface area contributed by atoms with E-state index in [9.17, 15) is 4.79 Å². The van der Waals surface area contributed by atoms with E-state index < -0.39 is 0 Å². The Morgan fingerprint density at radius 3 is 3.05 bits per heavy atom. The van der Waals surface area contributed by atoms with E-state index in [-0.39, 0.29) is 5.97 Å². The number of aromatic nitrogens is 2. The minimum atomic E-state index is -0.350. The van der Waals surface area contributed by atoms with Crippen LogP contribution in [0.2, 0.25) is 0 Å². The number of hydrogen-bond acceptors (Lipinski definition) is 6. The van der Waals surface area contributed by atoms with Crippen LogP contribution < -0.4 is 10.6 Å². The summed E-state index contributed by atoms with van der Waals surface area (Å²) in [5.74, 6) is 0.452. The predicted octanol–water partition coefficient (Wildman–Crippen LogP) is 1.96. The summed E-state index contributed by atoms with van der Waals surface area (Å²) >= 11 is 0. The van der Waals surface area contributed by atoms with Crippen LogP contribution in [0.5, 0.6) is 0 Å². The lowest BCUT2D eigenvalue weighted by atomic mass is 10.1. The van der Waals surface area contributed by atoms with E-state index in [0.29, 0.717) is 5.56 Å². The molecule has 6 heteroatoms. The number of fused-ring (bicyclic) bond motifs is 1. The third-order valence-electron chi connectivity index (χ3n) is 3.79. The Balaban J connectivity index is 1.95. The standard InChI is InChI=1S/C16H18N4O2/c1-10-3-4-11(16(21)22-2)7-13(10)20-15-12-5-6-17-8-14(12)18-9-19-15/h3-4,7,9,17H,5-6,8H2,1-2H3,(H,18,19,20). The second-order valence-electron chi connectivity index (χ2n) is 5.22. The van der Waals surface area contributed by atoms with Gasteiger partial charge in [-0.3, -0.25) is 0 Å². The van der Waals surface area contributed by atoms with Crippen LogP contribution in [0.15, 0.2) is 24.5 Å². The van der Waals surface area contributed by atoms with Crippen molar-refractivity contribution in [2.45, 2.75) is 19.9 Å². The van der Waals surface area contributed by atoms with Gasteiger partial charge in [-0.05, 0) is 37.6 Å². The van der Waals surface area contributed by atoms with Gasteiger partial charge in [0.25, 0.3) is 0 Å². The van der Waals surface area contributed by atoms with Crippen LogP contribution in [0.4, 0.5) is 11.5 Å². The van der Waals surface area contributed by atoms with E-state index in [2.05, 4.69) is 20.6 Å². The molecule has 2 aromatic rings. The maximum atomic E-state index is 11.7. The summed E-state index contributed by atoms with van der Waals surface area (Å²) < 4.78 is 4.77. The first-order valence-electron chi connectivity index (χ1n) is 7.18. The largest absolute Gasteiger partial charge is 0.465 e. The summed E-state index contributed by atoms with van der Waals surface area (Å²) in [6.45, 7) is 3.66. The van der Waals surface area contributed by atoms with Crippen molar-refractivity contribution in [3.05, 3.63) is 46.9 Å². The molecule has 0 saturated heterocycles.